The van der Waals surface area contributed by atoms with Crippen molar-refractivity contribution in [3.05, 3.63) is 117 Å². The monoisotopic (exact) mass is 685 g/mol. The summed E-state index contributed by atoms with van der Waals surface area (Å²) in [6.07, 6.45) is 1.78. The Morgan fingerprint density at radius 1 is 1.07 bits per heavy atom. The van der Waals surface area contributed by atoms with E-state index < -0.39 is 12.0 Å². The van der Waals surface area contributed by atoms with Crippen LogP contribution in [0.25, 0.3) is 6.08 Å². The van der Waals surface area contributed by atoms with Gasteiger partial charge in [-0.3, -0.25) is 9.36 Å². The third-order valence-electron chi connectivity index (χ3n) is 7.18. The van der Waals surface area contributed by atoms with Crippen molar-refractivity contribution in [1.29, 1.82) is 0 Å². The Kier molecular flexibility index (Phi) is 9.94. The highest BCUT2D eigenvalue weighted by Crippen LogP contribution is 2.37. The van der Waals surface area contributed by atoms with Gasteiger partial charge in [-0.15, -0.1) is 0 Å². The molecule has 3 aromatic carbocycles. The van der Waals surface area contributed by atoms with Gasteiger partial charge >= 0.3 is 5.97 Å². The summed E-state index contributed by atoms with van der Waals surface area (Å²) in [5.74, 6) is 0.385. The van der Waals surface area contributed by atoms with Crippen LogP contribution in [0.3, 0.4) is 0 Å². The Bertz CT molecular complexity index is 1960. The van der Waals surface area contributed by atoms with E-state index in [-0.39, 0.29) is 28.8 Å². The van der Waals surface area contributed by atoms with E-state index >= 15 is 0 Å². The number of benzene rings is 3. The second kappa shape index (κ2) is 13.7. The lowest BCUT2D eigenvalue weighted by atomic mass is 9.95. The van der Waals surface area contributed by atoms with Crippen molar-refractivity contribution in [3.63, 3.8) is 0 Å². The van der Waals surface area contributed by atoms with Crippen LogP contribution in [0.4, 0.5) is 5.69 Å². The molecule has 8 nitrogen and oxygen atoms in total. The van der Waals surface area contributed by atoms with E-state index in [4.69, 9.17) is 49.0 Å². The zero-order valence-electron chi connectivity index (χ0n) is 25.2. The summed E-state index contributed by atoms with van der Waals surface area (Å²) in [5, 5.41) is 0.968. The molecule has 0 spiro atoms. The largest absolute Gasteiger partial charge is 0.496 e. The van der Waals surface area contributed by atoms with Gasteiger partial charge in [0.25, 0.3) is 5.56 Å². The van der Waals surface area contributed by atoms with Gasteiger partial charge in [-0.2, -0.15) is 0 Å². The molecule has 234 valence electrons. The first-order valence-corrected chi connectivity index (χ1v) is 15.9. The second-order valence-electron chi connectivity index (χ2n) is 10.3. The van der Waals surface area contributed by atoms with Crippen molar-refractivity contribution in [2.75, 3.05) is 32.7 Å². The molecule has 0 N–H and O–H groups in total. The number of methoxy groups -OCH3 is 1. The second-order valence-corrected chi connectivity index (χ2v) is 12.6. The third kappa shape index (κ3) is 6.77. The number of ether oxygens (including phenoxy) is 3. The van der Waals surface area contributed by atoms with Crippen molar-refractivity contribution < 1.29 is 19.0 Å². The number of fused-ring (bicyclic) bond motifs is 1. The van der Waals surface area contributed by atoms with Gasteiger partial charge in [0.05, 0.1) is 45.6 Å². The molecule has 0 saturated carbocycles. The lowest BCUT2D eigenvalue weighted by Gasteiger charge is -2.25. The van der Waals surface area contributed by atoms with Crippen molar-refractivity contribution in [2.24, 2.45) is 4.99 Å². The molecule has 12 heteroatoms. The first-order valence-electron chi connectivity index (χ1n) is 13.9. The van der Waals surface area contributed by atoms with Gasteiger partial charge in [0.15, 0.2) is 10.6 Å². The number of carbonyl (C=O) groups is 1. The molecule has 1 aromatic heterocycles. The Hall–Kier alpha value is -3.76. The number of thiazole rings is 1. The average Bonchev–Trinajstić information content (AvgIpc) is 3.29. The third-order valence-corrected chi connectivity index (χ3v) is 8.94. The fraction of sp³-hybridized carbons (Fsp3) is 0.242. The van der Waals surface area contributed by atoms with Crippen molar-refractivity contribution in [3.8, 4) is 11.5 Å². The van der Waals surface area contributed by atoms with E-state index in [0.29, 0.717) is 42.7 Å². The molecule has 0 amide bonds. The number of carbonyl (C=O) groups excluding carboxylic acids is 1. The van der Waals surface area contributed by atoms with Crippen molar-refractivity contribution in [1.82, 2.24) is 4.57 Å². The van der Waals surface area contributed by atoms with Crippen molar-refractivity contribution in [2.45, 2.75) is 26.5 Å². The van der Waals surface area contributed by atoms with E-state index in [1.807, 2.05) is 55.4 Å². The number of anilines is 1. The Labute approximate surface area is 279 Å². The maximum absolute atomic E-state index is 14.0. The van der Waals surface area contributed by atoms with E-state index in [1.54, 1.807) is 49.8 Å². The van der Waals surface area contributed by atoms with Crippen molar-refractivity contribution >= 4 is 63.9 Å². The van der Waals surface area contributed by atoms with E-state index in [9.17, 15) is 9.59 Å². The highest BCUT2D eigenvalue weighted by atomic mass is 35.5. The van der Waals surface area contributed by atoms with Gasteiger partial charge in [-0.05, 0) is 67.4 Å². The predicted molar refractivity (Wildman–Crippen MR) is 180 cm³/mol. The maximum atomic E-state index is 14.0. The Morgan fingerprint density at radius 3 is 2.38 bits per heavy atom. The van der Waals surface area contributed by atoms with Gasteiger partial charge in [0.2, 0.25) is 0 Å². The molecule has 0 bridgehead atoms. The molecular weight excluding hydrogens is 657 g/mol. The highest BCUT2D eigenvalue weighted by Gasteiger charge is 2.33. The number of hydrogen-bond donors (Lipinski definition) is 0. The number of rotatable bonds is 9. The molecule has 1 atom stereocenters. The molecule has 2 heterocycles. The number of aromatic nitrogens is 1. The summed E-state index contributed by atoms with van der Waals surface area (Å²) in [4.78, 5) is 34.4. The van der Waals surface area contributed by atoms with Crippen LogP contribution in [0, 0.1) is 0 Å². The Morgan fingerprint density at radius 2 is 1.76 bits per heavy atom. The number of halogens is 3. The fourth-order valence-corrected chi connectivity index (χ4v) is 7.00. The molecule has 0 fully saturated rings. The molecular formula is C33H30Cl3N3O5S. The van der Waals surface area contributed by atoms with Crippen LogP contribution in [0.2, 0.25) is 15.1 Å². The normalized spacial score (nSPS) is 14.6. The molecule has 5 rings (SSSR count). The van der Waals surface area contributed by atoms with Gasteiger partial charge in [0, 0.05) is 30.4 Å². The zero-order valence-corrected chi connectivity index (χ0v) is 28.3. The highest BCUT2D eigenvalue weighted by molar-refractivity contribution is 7.07. The SMILES string of the molecule is CCOC(=O)C1=C(C)N=c2s/c(=C/c3ccc(OC)c(COc4c(Cl)cc(Cl)cc4Cl)c3)c(=O)n2C1c1ccc(N(C)C)cc1. The summed E-state index contributed by atoms with van der Waals surface area (Å²) in [6, 6.07) is 15.7. The Balaban J connectivity index is 1.57. The van der Waals surface area contributed by atoms with Crippen LogP contribution < -0.4 is 29.3 Å². The molecule has 0 radical (unpaired) electrons. The van der Waals surface area contributed by atoms with Gasteiger partial charge in [0.1, 0.15) is 12.4 Å². The van der Waals surface area contributed by atoms with Crippen LogP contribution in [-0.4, -0.2) is 38.3 Å². The number of allylic oxidation sites excluding steroid dienone is 1. The first kappa shape index (κ1) is 32.6. The summed E-state index contributed by atoms with van der Waals surface area (Å²) in [6.45, 7) is 3.81. The van der Waals surface area contributed by atoms with Gasteiger partial charge in [-0.25, -0.2) is 9.79 Å². The molecule has 0 aliphatic carbocycles. The number of hydrogen-bond acceptors (Lipinski definition) is 8. The molecule has 1 unspecified atom stereocenters. The average molecular weight is 687 g/mol. The predicted octanol–water partition coefficient (Wildman–Crippen LogP) is 6.41. The van der Waals surface area contributed by atoms with E-state index in [1.165, 1.54) is 11.3 Å². The minimum absolute atomic E-state index is 0.0955. The molecule has 45 heavy (non-hydrogen) atoms. The first-order chi connectivity index (χ1) is 21.5. The molecule has 4 aromatic rings. The molecule has 1 aliphatic rings. The summed E-state index contributed by atoms with van der Waals surface area (Å²) in [7, 11) is 5.46. The zero-order chi connectivity index (χ0) is 32.4. The maximum Gasteiger partial charge on any atom is 0.338 e. The van der Waals surface area contributed by atoms with Crippen LogP contribution in [0.5, 0.6) is 11.5 Å². The van der Waals surface area contributed by atoms with Gasteiger partial charge < -0.3 is 19.1 Å². The minimum atomic E-state index is -0.702. The summed E-state index contributed by atoms with van der Waals surface area (Å²) >= 11 is 19.9. The smallest absolute Gasteiger partial charge is 0.338 e. The number of nitrogens with zero attached hydrogens (tertiary/aromatic N) is 3. The summed E-state index contributed by atoms with van der Waals surface area (Å²) < 4.78 is 18.9. The van der Waals surface area contributed by atoms with E-state index in [0.717, 1.165) is 16.8 Å². The van der Waals surface area contributed by atoms with Crippen LogP contribution in [0.15, 0.2) is 75.7 Å². The van der Waals surface area contributed by atoms with Crippen LogP contribution >= 0.6 is 46.1 Å². The minimum Gasteiger partial charge on any atom is -0.496 e. The quantitative estimate of drug-likeness (QED) is 0.189. The molecule has 1 aliphatic heterocycles. The summed E-state index contributed by atoms with van der Waals surface area (Å²) in [5.41, 5.74) is 3.77. The molecule has 0 saturated heterocycles. The topological polar surface area (TPSA) is 82.4 Å². The van der Waals surface area contributed by atoms with Gasteiger partial charge in [-0.1, -0.05) is 64.3 Å². The van der Waals surface area contributed by atoms with Crippen LogP contribution in [-0.2, 0) is 16.1 Å². The number of esters is 1. The van der Waals surface area contributed by atoms with Crippen LogP contribution in [0.1, 0.15) is 36.6 Å². The fourth-order valence-electron chi connectivity index (χ4n) is 5.03. The van der Waals surface area contributed by atoms with E-state index in [2.05, 4.69) is 4.99 Å². The standard InChI is InChI=1S/C33H30Cl3N3O5S/c1-6-43-32(41)28-18(2)37-33-39(29(28)20-8-10-23(11-9-20)38(3)4)31(40)27(45-33)14-19-7-12-26(42-5)21(13-19)17-44-30-24(35)15-22(34)16-25(30)36/h7-16,29H,6,17H2,1-5H3/b27-14+. The lowest BCUT2D eigenvalue weighted by Crippen LogP contribution is -2.39. The lowest BCUT2D eigenvalue weighted by molar-refractivity contribution is -0.139.